The molecular weight excluding hydrogens is 324 g/mol. The number of nitrogens with zero attached hydrogens (tertiary/aromatic N) is 2. The second-order valence-corrected chi connectivity index (χ2v) is 5.77. The first-order valence-corrected chi connectivity index (χ1v) is 7.19. The summed E-state index contributed by atoms with van der Waals surface area (Å²) >= 11 is 3.38. The van der Waals surface area contributed by atoms with Gasteiger partial charge in [0.15, 0.2) is 6.61 Å². The topological polar surface area (TPSA) is 68.4 Å². The van der Waals surface area contributed by atoms with Crippen molar-refractivity contribution in [1.82, 2.24) is 10.1 Å². The lowest BCUT2D eigenvalue weighted by atomic mass is 10.1. The summed E-state index contributed by atoms with van der Waals surface area (Å²) in [5.74, 6) is 1.87. The van der Waals surface area contributed by atoms with Gasteiger partial charge in [0.05, 0.1) is 6.10 Å². The van der Waals surface area contributed by atoms with Crippen molar-refractivity contribution in [3.05, 3.63) is 40.0 Å². The Balaban J connectivity index is 2.11. The predicted molar refractivity (Wildman–Crippen MR) is 77.5 cm³/mol. The lowest BCUT2D eigenvalue weighted by Crippen LogP contribution is -2.02. The summed E-state index contributed by atoms with van der Waals surface area (Å²) in [5.41, 5.74) is 0.723. The summed E-state index contributed by atoms with van der Waals surface area (Å²) in [6, 6.07) is 5.49. The standard InChI is InChI=1S/C14H17BrN2O3/c1-8(2)14-16-13(17-20-14)7-19-12-6-10(15)4-5-11(12)9(3)18/h4-6,8-9,18H,7H2,1-3H3/t9-/m1/s1. The van der Waals surface area contributed by atoms with E-state index >= 15 is 0 Å². The molecule has 1 aromatic carbocycles. The highest BCUT2D eigenvalue weighted by atomic mass is 79.9. The zero-order valence-corrected chi connectivity index (χ0v) is 13.2. The van der Waals surface area contributed by atoms with Crippen molar-refractivity contribution in [1.29, 1.82) is 0 Å². The van der Waals surface area contributed by atoms with Crippen LogP contribution in [0.4, 0.5) is 0 Å². The van der Waals surface area contributed by atoms with E-state index in [4.69, 9.17) is 9.26 Å². The summed E-state index contributed by atoms with van der Waals surface area (Å²) < 4.78 is 11.7. The molecule has 0 spiro atoms. The Morgan fingerprint density at radius 2 is 2.10 bits per heavy atom. The van der Waals surface area contributed by atoms with E-state index in [1.807, 2.05) is 32.0 Å². The molecule has 0 aliphatic rings. The van der Waals surface area contributed by atoms with Gasteiger partial charge in [-0.25, -0.2) is 0 Å². The number of rotatable bonds is 5. The Hall–Kier alpha value is -1.40. The fourth-order valence-electron chi connectivity index (χ4n) is 1.68. The summed E-state index contributed by atoms with van der Waals surface area (Å²) in [6.07, 6.45) is -0.602. The molecule has 6 heteroatoms. The first kappa shape index (κ1) is 15.0. The lowest BCUT2D eigenvalue weighted by Gasteiger charge is -2.12. The first-order valence-electron chi connectivity index (χ1n) is 6.40. The fraction of sp³-hybridized carbons (Fsp3) is 0.429. The molecule has 2 rings (SSSR count). The van der Waals surface area contributed by atoms with E-state index in [0.29, 0.717) is 17.5 Å². The molecule has 0 aliphatic heterocycles. The van der Waals surface area contributed by atoms with Gasteiger partial charge in [-0.2, -0.15) is 4.98 Å². The van der Waals surface area contributed by atoms with Crippen molar-refractivity contribution in [3.63, 3.8) is 0 Å². The summed E-state index contributed by atoms with van der Waals surface area (Å²) in [6.45, 7) is 5.86. The van der Waals surface area contributed by atoms with Crippen molar-refractivity contribution >= 4 is 15.9 Å². The van der Waals surface area contributed by atoms with Gasteiger partial charge >= 0.3 is 0 Å². The summed E-state index contributed by atoms with van der Waals surface area (Å²) in [5, 5.41) is 13.6. The van der Waals surface area contributed by atoms with Crippen molar-refractivity contribution < 1.29 is 14.4 Å². The van der Waals surface area contributed by atoms with Crippen molar-refractivity contribution in [2.24, 2.45) is 0 Å². The average Bonchev–Trinajstić information content (AvgIpc) is 2.85. The quantitative estimate of drug-likeness (QED) is 0.900. The van der Waals surface area contributed by atoms with Crippen LogP contribution >= 0.6 is 15.9 Å². The van der Waals surface area contributed by atoms with E-state index in [-0.39, 0.29) is 12.5 Å². The van der Waals surface area contributed by atoms with E-state index in [1.165, 1.54) is 0 Å². The summed E-state index contributed by atoms with van der Waals surface area (Å²) in [4.78, 5) is 4.24. The third kappa shape index (κ3) is 3.58. The zero-order chi connectivity index (χ0) is 14.7. The van der Waals surface area contributed by atoms with Crippen molar-refractivity contribution in [3.8, 4) is 5.75 Å². The number of halogens is 1. The highest BCUT2D eigenvalue weighted by Gasteiger charge is 2.13. The molecule has 0 unspecified atom stereocenters. The Kier molecular flexibility index (Phi) is 4.77. The third-order valence-electron chi connectivity index (χ3n) is 2.76. The van der Waals surface area contributed by atoms with Crippen LogP contribution < -0.4 is 4.74 Å². The molecule has 0 fully saturated rings. The lowest BCUT2D eigenvalue weighted by molar-refractivity contribution is 0.189. The van der Waals surface area contributed by atoms with Gasteiger partial charge in [0, 0.05) is 16.0 Å². The number of hydrogen-bond donors (Lipinski definition) is 1. The average molecular weight is 341 g/mol. The second-order valence-electron chi connectivity index (χ2n) is 4.85. The minimum atomic E-state index is -0.602. The zero-order valence-electron chi connectivity index (χ0n) is 11.6. The number of ether oxygens (including phenoxy) is 1. The van der Waals surface area contributed by atoms with Crippen LogP contribution in [0.15, 0.2) is 27.2 Å². The molecule has 108 valence electrons. The SMILES string of the molecule is CC(C)c1nc(COc2cc(Br)ccc2[C@@H](C)O)no1. The van der Waals surface area contributed by atoms with Gasteiger partial charge in [0.2, 0.25) is 11.7 Å². The molecule has 0 bridgehead atoms. The van der Waals surface area contributed by atoms with E-state index in [2.05, 4.69) is 26.1 Å². The van der Waals surface area contributed by atoms with Gasteiger partial charge in [-0.05, 0) is 19.1 Å². The van der Waals surface area contributed by atoms with E-state index < -0.39 is 6.10 Å². The maximum atomic E-state index is 9.72. The maximum absolute atomic E-state index is 9.72. The largest absolute Gasteiger partial charge is 0.485 e. The number of aliphatic hydroxyl groups excluding tert-OH is 1. The highest BCUT2D eigenvalue weighted by molar-refractivity contribution is 9.10. The monoisotopic (exact) mass is 340 g/mol. The molecule has 1 atom stereocenters. The maximum Gasteiger partial charge on any atom is 0.229 e. The van der Waals surface area contributed by atoms with Crippen LogP contribution in [0.1, 0.15) is 50.1 Å². The molecule has 1 heterocycles. The van der Waals surface area contributed by atoms with Crippen molar-refractivity contribution in [2.75, 3.05) is 0 Å². The Morgan fingerprint density at radius 1 is 1.35 bits per heavy atom. The van der Waals surface area contributed by atoms with Gasteiger partial charge in [0.25, 0.3) is 0 Å². The molecule has 2 aromatic rings. The van der Waals surface area contributed by atoms with Crippen LogP contribution in [0.2, 0.25) is 0 Å². The Labute approximate surface area is 126 Å². The van der Waals surface area contributed by atoms with Crippen LogP contribution in [0.5, 0.6) is 5.75 Å². The molecule has 0 saturated carbocycles. The number of benzene rings is 1. The molecule has 0 saturated heterocycles. The Morgan fingerprint density at radius 3 is 2.70 bits per heavy atom. The molecule has 5 nitrogen and oxygen atoms in total. The number of aromatic nitrogens is 2. The van der Waals surface area contributed by atoms with Gasteiger partial charge < -0.3 is 14.4 Å². The van der Waals surface area contributed by atoms with Crippen LogP contribution in [0, 0.1) is 0 Å². The number of aliphatic hydroxyl groups is 1. The van der Waals surface area contributed by atoms with Gasteiger partial charge in [-0.3, -0.25) is 0 Å². The van der Waals surface area contributed by atoms with Crippen LogP contribution in [-0.2, 0) is 6.61 Å². The molecule has 1 aromatic heterocycles. The molecule has 0 amide bonds. The molecular formula is C14H17BrN2O3. The smallest absolute Gasteiger partial charge is 0.229 e. The van der Waals surface area contributed by atoms with Gasteiger partial charge in [0.1, 0.15) is 5.75 Å². The molecule has 20 heavy (non-hydrogen) atoms. The predicted octanol–water partition coefficient (Wildman–Crippen LogP) is 3.59. The van der Waals surface area contributed by atoms with E-state index in [1.54, 1.807) is 6.92 Å². The number of hydrogen-bond acceptors (Lipinski definition) is 5. The van der Waals surface area contributed by atoms with Crippen LogP contribution in [0.3, 0.4) is 0 Å². The third-order valence-corrected chi connectivity index (χ3v) is 3.25. The Bertz CT molecular complexity index is 582. The normalized spacial score (nSPS) is 12.7. The van der Waals surface area contributed by atoms with Crippen molar-refractivity contribution in [2.45, 2.75) is 39.4 Å². The summed E-state index contributed by atoms with van der Waals surface area (Å²) in [7, 11) is 0. The van der Waals surface area contributed by atoms with E-state index in [9.17, 15) is 5.11 Å². The van der Waals surface area contributed by atoms with E-state index in [0.717, 1.165) is 10.0 Å². The molecule has 0 radical (unpaired) electrons. The first-order chi connectivity index (χ1) is 9.47. The molecule has 1 N–H and O–H groups in total. The highest BCUT2D eigenvalue weighted by Crippen LogP contribution is 2.29. The minimum Gasteiger partial charge on any atom is -0.485 e. The fourth-order valence-corrected chi connectivity index (χ4v) is 2.02. The van der Waals surface area contributed by atoms with Gasteiger partial charge in [-0.15, -0.1) is 0 Å². The molecule has 0 aliphatic carbocycles. The van der Waals surface area contributed by atoms with Crippen LogP contribution in [0.25, 0.3) is 0 Å². The second kappa shape index (κ2) is 6.37. The van der Waals surface area contributed by atoms with Crippen LogP contribution in [-0.4, -0.2) is 15.2 Å². The minimum absolute atomic E-state index is 0.190. The van der Waals surface area contributed by atoms with Gasteiger partial charge in [-0.1, -0.05) is 41.0 Å².